The molecule has 5 nitrogen and oxygen atoms in total. The van der Waals surface area contributed by atoms with E-state index in [2.05, 4.69) is 11.3 Å². The number of likely N-dealkylation sites (tertiary alicyclic amines) is 2. The van der Waals surface area contributed by atoms with Crippen molar-refractivity contribution in [3.63, 3.8) is 0 Å². The van der Waals surface area contributed by atoms with Gasteiger partial charge < -0.3 is 14.5 Å². The Labute approximate surface area is 165 Å². The van der Waals surface area contributed by atoms with Crippen LogP contribution in [0, 0.1) is 5.92 Å². The lowest BCUT2D eigenvalue weighted by Crippen LogP contribution is -2.46. The summed E-state index contributed by atoms with van der Waals surface area (Å²) in [7, 11) is 0. The molecule has 2 unspecified atom stereocenters. The van der Waals surface area contributed by atoms with E-state index in [4.69, 9.17) is 0 Å². The summed E-state index contributed by atoms with van der Waals surface area (Å²) in [5.74, 6) is -1.61. The number of para-hydroxylation sites is 1. The molecule has 2 amide bonds. The van der Waals surface area contributed by atoms with Gasteiger partial charge >= 0.3 is 6.36 Å². The van der Waals surface area contributed by atoms with Crippen LogP contribution in [0.25, 0.3) is 0 Å². The van der Waals surface area contributed by atoms with Crippen molar-refractivity contribution in [1.82, 2.24) is 9.80 Å². The van der Waals surface area contributed by atoms with Gasteiger partial charge in [0.1, 0.15) is 5.75 Å². The third-order valence-corrected chi connectivity index (χ3v) is 5.38. The normalized spacial score (nSPS) is 25.0. The maximum absolute atomic E-state index is 15.6. The Morgan fingerprint density at radius 1 is 1.21 bits per heavy atom. The summed E-state index contributed by atoms with van der Waals surface area (Å²) in [6, 6.07) is 5.08. The van der Waals surface area contributed by atoms with Gasteiger partial charge in [-0.25, -0.2) is 4.39 Å². The highest BCUT2D eigenvalue weighted by Gasteiger charge is 2.46. The maximum atomic E-state index is 15.6. The number of benzene rings is 1. The van der Waals surface area contributed by atoms with Gasteiger partial charge in [0.15, 0.2) is 5.67 Å². The molecule has 2 saturated heterocycles. The van der Waals surface area contributed by atoms with Gasteiger partial charge in [0.25, 0.3) is 0 Å². The molecule has 158 valence electrons. The quantitative estimate of drug-likeness (QED) is 0.561. The van der Waals surface area contributed by atoms with Gasteiger partial charge in [-0.05, 0) is 25.0 Å². The molecule has 3 rings (SSSR count). The Morgan fingerprint density at radius 3 is 2.62 bits per heavy atom. The summed E-state index contributed by atoms with van der Waals surface area (Å²) in [5, 5.41) is 0. The third kappa shape index (κ3) is 4.71. The molecule has 0 bridgehead atoms. The van der Waals surface area contributed by atoms with E-state index in [1.165, 1.54) is 34.1 Å². The molecule has 1 aromatic rings. The van der Waals surface area contributed by atoms with Gasteiger partial charge in [-0.15, -0.1) is 13.2 Å². The predicted molar refractivity (Wildman–Crippen MR) is 96.6 cm³/mol. The van der Waals surface area contributed by atoms with Crippen molar-refractivity contribution in [3.05, 3.63) is 42.5 Å². The number of nitrogens with zero attached hydrogens (tertiary/aromatic N) is 2. The lowest BCUT2D eigenvalue weighted by molar-refractivity contribution is -0.275. The molecular weight excluding hydrogens is 392 g/mol. The topological polar surface area (TPSA) is 49.9 Å². The van der Waals surface area contributed by atoms with Crippen LogP contribution in [0.4, 0.5) is 17.6 Å². The predicted octanol–water partition coefficient (Wildman–Crippen LogP) is 3.41. The molecule has 2 atom stereocenters. The summed E-state index contributed by atoms with van der Waals surface area (Å²) >= 11 is 0. The first kappa shape index (κ1) is 21.1. The molecule has 29 heavy (non-hydrogen) atoms. The summed E-state index contributed by atoms with van der Waals surface area (Å²) in [6.07, 6.45) is -2.66. The van der Waals surface area contributed by atoms with Crippen LogP contribution in [0.1, 0.15) is 24.8 Å². The minimum Gasteiger partial charge on any atom is -0.405 e. The molecule has 9 heteroatoms. The molecule has 1 aromatic carbocycles. The van der Waals surface area contributed by atoms with Gasteiger partial charge in [-0.3, -0.25) is 9.59 Å². The highest BCUT2D eigenvalue weighted by molar-refractivity contribution is 5.88. The Kier molecular flexibility index (Phi) is 5.86. The Hall–Kier alpha value is -2.58. The van der Waals surface area contributed by atoms with E-state index >= 15 is 4.39 Å². The van der Waals surface area contributed by atoms with Crippen molar-refractivity contribution in [3.8, 4) is 5.75 Å². The second kappa shape index (κ2) is 8.04. The first-order valence-electron chi connectivity index (χ1n) is 9.37. The highest BCUT2D eigenvalue weighted by Crippen LogP contribution is 2.42. The van der Waals surface area contributed by atoms with Crippen LogP contribution in [0.5, 0.6) is 5.75 Å². The fraction of sp³-hybridized carbons (Fsp3) is 0.500. The van der Waals surface area contributed by atoms with E-state index in [9.17, 15) is 22.8 Å². The second-order valence-corrected chi connectivity index (χ2v) is 7.35. The van der Waals surface area contributed by atoms with Gasteiger partial charge in [-0.2, -0.15) is 0 Å². The molecule has 2 heterocycles. The maximum Gasteiger partial charge on any atom is 0.573 e. The second-order valence-electron chi connectivity index (χ2n) is 7.35. The number of ether oxygens (including phenoxy) is 1. The molecule has 2 fully saturated rings. The van der Waals surface area contributed by atoms with E-state index < -0.39 is 23.7 Å². The van der Waals surface area contributed by atoms with Gasteiger partial charge in [0.2, 0.25) is 11.8 Å². The summed E-state index contributed by atoms with van der Waals surface area (Å²) < 4.78 is 57.6. The average Bonchev–Trinajstić information content (AvgIpc) is 3.09. The minimum absolute atomic E-state index is 0.0849. The summed E-state index contributed by atoms with van der Waals surface area (Å²) in [5.41, 5.74) is -2.36. The van der Waals surface area contributed by atoms with E-state index in [-0.39, 0.29) is 43.4 Å². The van der Waals surface area contributed by atoms with Crippen molar-refractivity contribution in [2.24, 2.45) is 5.92 Å². The molecule has 2 aliphatic heterocycles. The van der Waals surface area contributed by atoms with E-state index in [1.54, 1.807) is 0 Å². The van der Waals surface area contributed by atoms with Crippen molar-refractivity contribution in [2.45, 2.75) is 31.3 Å². The van der Waals surface area contributed by atoms with E-state index in [0.717, 1.165) is 6.07 Å². The molecule has 2 aliphatic rings. The number of amides is 2. The van der Waals surface area contributed by atoms with Crippen molar-refractivity contribution in [2.75, 3.05) is 26.2 Å². The number of alkyl halides is 4. The largest absolute Gasteiger partial charge is 0.573 e. The Balaban J connectivity index is 1.73. The number of rotatable bonds is 4. The third-order valence-electron chi connectivity index (χ3n) is 5.38. The van der Waals surface area contributed by atoms with Crippen LogP contribution < -0.4 is 4.74 Å². The van der Waals surface area contributed by atoms with E-state index in [0.29, 0.717) is 19.4 Å². The average molecular weight is 414 g/mol. The first-order valence-corrected chi connectivity index (χ1v) is 9.37. The van der Waals surface area contributed by atoms with Crippen molar-refractivity contribution >= 4 is 11.8 Å². The lowest BCUT2D eigenvalue weighted by Gasteiger charge is -2.33. The lowest BCUT2D eigenvalue weighted by atomic mass is 9.93. The summed E-state index contributed by atoms with van der Waals surface area (Å²) in [6.45, 7) is 3.94. The SMILES string of the molecule is C=CC(=O)N1CCCC(C(=O)N2CCC(F)(c3ccccc3OC(F)(F)F)C2)C1. The first-order chi connectivity index (χ1) is 13.6. The number of piperidine rings is 1. The van der Waals surface area contributed by atoms with Crippen molar-refractivity contribution < 1.29 is 31.9 Å². The number of hydrogen-bond donors (Lipinski definition) is 0. The minimum atomic E-state index is -4.94. The molecule has 0 radical (unpaired) electrons. The zero-order valence-corrected chi connectivity index (χ0v) is 15.8. The highest BCUT2D eigenvalue weighted by atomic mass is 19.4. The molecule has 0 aromatic heterocycles. The van der Waals surface area contributed by atoms with Crippen LogP contribution >= 0.6 is 0 Å². The van der Waals surface area contributed by atoms with Crippen LogP contribution in [0.2, 0.25) is 0 Å². The fourth-order valence-corrected chi connectivity index (χ4v) is 4.00. The molecule has 0 saturated carbocycles. The zero-order chi connectivity index (χ0) is 21.2. The monoisotopic (exact) mass is 414 g/mol. The van der Waals surface area contributed by atoms with Crippen molar-refractivity contribution in [1.29, 1.82) is 0 Å². The van der Waals surface area contributed by atoms with Crippen LogP contribution in [0.3, 0.4) is 0 Å². The smallest absolute Gasteiger partial charge is 0.405 e. The number of hydrogen-bond acceptors (Lipinski definition) is 3. The number of halogens is 4. The van der Waals surface area contributed by atoms with E-state index in [1.807, 2.05) is 0 Å². The molecule has 0 aliphatic carbocycles. The Morgan fingerprint density at radius 2 is 1.93 bits per heavy atom. The molecular formula is C20H22F4N2O3. The zero-order valence-electron chi connectivity index (χ0n) is 15.8. The van der Waals surface area contributed by atoms with Gasteiger partial charge in [-0.1, -0.05) is 24.8 Å². The standard InChI is InChI=1S/C20H22F4N2O3/c1-2-17(27)25-10-5-6-14(12-25)18(28)26-11-9-19(21,13-26)15-7-3-4-8-16(15)29-20(22,23)24/h2-4,7-8,14H,1,5-6,9-13H2. The van der Waals surface area contributed by atoms with Crippen LogP contribution in [-0.4, -0.2) is 54.2 Å². The van der Waals surface area contributed by atoms with Gasteiger partial charge in [0.05, 0.1) is 12.5 Å². The van der Waals surface area contributed by atoms with Crippen LogP contribution in [0.15, 0.2) is 36.9 Å². The Bertz CT molecular complexity index is 798. The summed E-state index contributed by atoms with van der Waals surface area (Å²) in [4.78, 5) is 27.5. The fourth-order valence-electron chi connectivity index (χ4n) is 4.00. The van der Waals surface area contributed by atoms with Crippen LogP contribution in [-0.2, 0) is 15.3 Å². The van der Waals surface area contributed by atoms with Gasteiger partial charge in [0, 0.05) is 31.6 Å². The number of carbonyl (C=O) groups is 2. The molecule has 0 N–H and O–H groups in total. The number of carbonyl (C=O) groups excluding carboxylic acids is 2. The molecule has 0 spiro atoms.